The molecule has 0 N–H and O–H groups in total. The lowest BCUT2D eigenvalue weighted by molar-refractivity contribution is 0.0157. The summed E-state index contributed by atoms with van der Waals surface area (Å²) in [5, 5.41) is 0.756. The van der Waals surface area contributed by atoms with Crippen molar-refractivity contribution in [1.82, 2.24) is 0 Å². The van der Waals surface area contributed by atoms with Crippen LogP contribution in [0, 0.1) is 5.92 Å². The molecule has 4 heteroatoms. The van der Waals surface area contributed by atoms with Gasteiger partial charge in [0.1, 0.15) is 0 Å². The summed E-state index contributed by atoms with van der Waals surface area (Å²) in [4.78, 5) is 0. The van der Waals surface area contributed by atoms with Crippen LogP contribution in [0.2, 0.25) is 5.02 Å². The van der Waals surface area contributed by atoms with E-state index in [0.29, 0.717) is 12.5 Å². The molecule has 1 aliphatic heterocycles. The molecule has 1 aromatic carbocycles. The average molecular weight is 320 g/mol. The van der Waals surface area contributed by atoms with Crippen molar-refractivity contribution in [2.24, 2.45) is 5.92 Å². The van der Waals surface area contributed by atoms with Gasteiger partial charge in [-0.2, -0.15) is 0 Å². The number of halogens is 2. The zero-order valence-electron chi connectivity index (χ0n) is 9.62. The molecule has 0 radical (unpaired) electrons. The van der Waals surface area contributed by atoms with Crippen molar-refractivity contribution in [3.8, 4) is 0 Å². The van der Waals surface area contributed by atoms with Gasteiger partial charge in [0.2, 0.25) is 0 Å². The van der Waals surface area contributed by atoms with Gasteiger partial charge in [-0.05, 0) is 36.5 Å². The Kier molecular flexibility index (Phi) is 5.29. The number of hydrogen-bond acceptors (Lipinski definition) is 2. The first kappa shape index (κ1) is 13.3. The fourth-order valence-corrected chi connectivity index (χ4v) is 2.62. The van der Waals surface area contributed by atoms with Crippen molar-refractivity contribution < 1.29 is 9.47 Å². The van der Waals surface area contributed by atoms with E-state index in [0.717, 1.165) is 47.7 Å². The van der Waals surface area contributed by atoms with Crippen molar-refractivity contribution in [3.05, 3.63) is 33.3 Å². The SMILES string of the molecule is Clc1cc(Br)ccc1COCC1CCOCC1. The topological polar surface area (TPSA) is 18.5 Å². The molecule has 0 aliphatic carbocycles. The quantitative estimate of drug-likeness (QED) is 0.833. The van der Waals surface area contributed by atoms with Gasteiger partial charge in [0.05, 0.1) is 13.2 Å². The van der Waals surface area contributed by atoms with Crippen LogP contribution in [0.1, 0.15) is 18.4 Å². The summed E-state index contributed by atoms with van der Waals surface area (Å²) in [5.74, 6) is 0.637. The van der Waals surface area contributed by atoms with Gasteiger partial charge >= 0.3 is 0 Å². The van der Waals surface area contributed by atoms with Gasteiger partial charge in [-0.3, -0.25) is 0 Å². The molecule has 1 fully saturated rings. The number of rotatable bonds is 4. The second-order valence-corrected chi connectivity index (χ2v) is 5.63. The largest absolute Gasteiger partial charge is 0.381 e. The minimum atomic E-state index is 0.587. The first-order chi connectivity index (χ1) is 8.25. The van der Waals surface area contributed by atoms with Crippen LogP contribution in [-0.4, -0.2) is 19.8 Å². The van der Waals surface area contributed by atoms with E-state index in [2.05, 4.69) is 15.9 Å². The van der Waals surface area contributed by atoms with E-state index in [4.69, 9.17) is 21.1 Å². The van der Waals surface area contributed by atoms with Crippen LogP contribution < -0.4 is 0 Å². The van der Waals surface area contributed by atoms with E-state index in [9.17, 15) is 0 Å². The fraction of sp³-hybridized carbons (Fsp3) is 0.538. The maximum atomic E-state index is 6.12. The third-order valence-electron chi connectivity index (χ3n) is 2.97. The predicted molar refractivity (Wildman–Crippen MR) is 72.4 cm³/mol. The molecule has 2 nitrogen and oxygen atoms in total. The van der Waals surface area contributed by atoms with Gasteiger partial charge in [0.15, 0.2) is 0 Å². The molecule has 0 spiro atoms. The highest BCUT2D eigenvalue weighted by atomic mass is 79.9. The van der Waals surface area contributed by atoms with Gasteiger partial charge in [-0.15, -0.1) is 0 Å². The Hall–Kier alpha value is -0.0900. The Labute approximate surface area is 115 Å². The van der Waals surface area contributed by atoms with Crippen LogP contribution in [0.5, 0.6) is 0 Å². The Bertz CT molecular complexity index is 364. The Morgan fingerprint density at radius 1 is 1.35 bits per heavy atom. The number of hydrogen-bond donors (Lipinski definition) is 0. The highest BCUT2D eigenvalue weighted by Gasteiger charge is 2.13. The van der Waals surface area contributed by atoms with Crippen molar-refractivity contribution in [1.29, 1.82) is 0 Å². The summed E-state index contributed by atoms with van der Waals surface area (Å²) >= 11 is 9.51. The van der Waals surface area contributed by atoms with Crippen LogP contribution in [0.15, 0.2) is 22.7 Å². The molecule has 0 bridgehead atoms. The molecule has 0 amide bonds. The molecule has 0 saturated carbocycles. The lowest BCUT2D eigenvalue weighted by Gasteiger charge is -2.21. The second-order valence-electron chi connectivity index (χ2n) is 4.31. The lowest BCUT2D eigenvalue weighted by atomic mass is 10.0. The average Bonchev–Trinajstić information content (AvgIpc) is 2.33. The normalized spacial score (nSPS) is 17.3. The fourth-order valence-electron chi connectivity index (χ4n) is 1.89. The van der Waals surface area contributed by atoms with E-state index in [1.165, 1.54) is 0 Å². The molecule has 1 heterocycles. The highest BCUT2D eigenvalue weighted by molar-refractivity contribution is 9.10. The standard InChI is InChI=1S/C13H16BrClO2/c14-12-2-1-11(13(15)7-12)9-17-8-10-3-5-16-6-4-10/h1-2,7,10H,3-6,8-9H2. The Balaban J connectivity index is 1.77. The van der Waals surface area contributed by atoms with Gasteiger partial charge in [0.25, 0.3) is 0 Å². The van der Waals surface area contributed by atoms with E-state index in [-0.39, 0.29) is 0 Å². The van der Waals surface area contributed by atoms with Crippen molar-refractivity contribution >= 4 is 27.5 Å². The van der Waals surface area contributed by atoms with E-state index in [1.807, 2.05) is 18.2 Å². The predicted octanol–water partition coefficient (Wildman–Crippen LogP) is 4.05. The summed E-state index contributed by atoms with van der Waals surface area (Å²) in [6.45, 7) is 3.12. The van der Waals surface area contributed by atoms with Crippen LogP contribution in [-0.2, 0) is 16.1 Å². The van der Waals surface area contributed by atoms with Crippen LogP contribution in [0.25, 0.3) is 0 Å². The smallest absolute Gasteiger partial charge is 0.0731 e. The lowest BCUT2D eigenvalue weighted by Crippen LogP contribution is -2.20. The molecule has 2 rings (SSSR count). The molecular weight excluding hydrogens is 303 g/mol. The molecule has 1 aliphatic rings. The summed E-state index contributed by atoms with van der Waals surface area (Å²) in [6, 6.07) is 5.88. The second kappa shape index (κ2) is 6.74. The van der Waals surface area contributed by atoms with Crippen molar-refractivity contribution in [2.75, 3.05) is 19.8 Å². The molecular formula is C13H16BrClO2. The van der Waals surface area contributed by atoms with Crippen LogP contribution in [0.3, 0.4) is 0 Å². The van der Waals surface area contributed by atoms with Gasteiger partial charge in [-0.1, -0.05) is 33.6 Å². The zero-order chi connectivity index (χ0) is 12.1. The van der Waals surface area contributed by atoms with E-state index < -0.39 is 0 Å². The van der Waals surface area contributed by atoms with E-state index in [1.54, 1.807) is 0 Å². The summed E-state index contributed by atoms with van der Waals surface area (Å²) in [6.07, 6.45) is 2.21. The first-order valence-corrected chi connectivity index (χ1v) is 7.02. The number of benzene rings is 1. The molecule has 0 unspecified atom stereocenters. The zero-order valence-corrected chi connectivity index (χ0v) is 12.0. The minimum Gasteiger partial charge on any atom is -0.381 e. The van der Waals surface area contributed by atoms with Crippen LogP contribution in [0.4, 0.5) is 0 Å². The Morgan fingerprint density at radius 2 is 2.12 bits per heavy atom. The van der Waals surface area contributed by atoms with Gasteiger partial charge in [-0.25, -0.2) is 0 Å². The maximum absolute atomic E-state index is 6.12. The first-order valence-electron chi connectivity index (χ1n) is 5.85. The summed E-state index contributed by atoms with van der Waals surface area (Å²) < 4.78 is 12.0. The molecule has 94 valence electrons. The third-order valence-corrected chi connectivity index (χ3v) is 3.81. The van der Waals surface area contributed by atoms with Crippen LogP contribution >= 0.6 is 27.5 Å². The molecule has 0 atom stereocenters. The van der Waals surface area contributed by atoms with Gasteiger partial charge in [0, 0.05) is 22.7 Å². The molecule has 0 aromatic heterocycles. The minimum absolute atomic E-state index is 0.587. The summed E-state index contributed by atoms with van der Waals surface area (Å²) in [7, 11) is 0. The highest BCUT2D eigenvalue weighted by Crippen LogP contribution is 2.22. The number of ether oxygens (including phenoxy) is 2. The van der Waals surface area contributed by atoms with E-state index >= 15 is 0 Å². The molecule has 1 aromatic rings. The molecule has 1 saturated heterocycles. The van der Waals surface area contributed by atoms with Crippen molar-refractivity contribution in [3.63, 3.8) is 0 Å². The Morgan fingerprint density at radius 3 is 2.82 bits per heavy atom. The monoisotopic (exact) mass is 318 g/mol. The van der Waals surface area contributed by atoms with Gasteiger partial charge < -0.3 is 9.47 Å². The third kappa shape index (κ3) is 4.25. The maximum Gasteiger partial charge on any atom is 0.0731 e. The molecule has 17 heavy (non-hydrogen) atoms. The summed E-state index contributed by atoms with van der Waals surface area (Å²) in [5.41, 5.74) is 1.04. The van der Waals surface area contributed by atoms with Crippen molar-refractivity contribution in [2.45, 2.75) is 19.4 Å².